The highest BCUT2D eigenvalue weighted by molar-refractivity contribution is 6.31. The number of rotatable bonds is 2. The van der Waals surface area contributed by atoms with E-state index in [1.165, 1.54) is 7.11 Å². The average molecular weight is 291 g/mol. The van der Waals surface area contributed by atoms with Crippen molar-refractivity contribution in [2.24, 2.45) is 0 Å². The Balaban J connectivity index is 2.98. The molecule has 0 saturated heterocycles. The molecule has 8 heteroatoms. The van der Waals surface area contributed by atoms with Crippen LogP contribution in [0.5, 0.6) is 5.88 Å². The molecule has 0 aromatic carbocycles. The maximum absolute atomic E-state index is 13.9. The molecule has 0 spiro atoms. The highest BCUT2D eigenvalue weighted by atomic mass is 35.5. The number of methoxy groups -OCH3 is 1. The topological polar surface area (TPSA) is 51.1 Å². The van der Waals surface area contributed by atoms with Crippen molar-refractivity contribution >= 4 is 39.9 Å². The molecule has 2 aromatic heterocycles. The molecular weight excluding hydrogens is 282 g/mol. The van der Waals surface area contributed by atoms with Gasteiger partial charge in [0.15, 0.2) is 11.0 Å². The van der Waals surface area contributed by atoms with Gasteiger partial charge >= 0.3 is 0 Å². The quantitative estimate of drug-likeness (QED) is 0.628. The number of ether oxygens (including phenoxy) is 1. The maximum atomic E-state index is 13.9. The summed E-state index contributed by atoms with van der Waals surface area (Å²) in [5.74, 6) is -0.193. The molecule has 96 valence electrons. The first-order valence-corrected chi connectivity index (χ1v) is 5.64. The first-order valence-electron chi connectivity index (χ1n) is 4.89. The molecule has 2 heterocycles. The van der Waals surface area contributed by atoms with Gasteiger partial charge in [0.2, 0.25) is 11.2 Å². The third kappa shape index (κ3) is 2.02. The lowest BCUT2D eigenvalue weighted by atomic mass is 10.2. The third-order valence-electron chi connectivity index (χ3n) is 2.28. The Hall–Kier alpha value is -1.40. The molecule has 0 radical (unpaired) electrons. The van der Waals surface area contributed by atoms with Crippen LogP contribution in [-0.2, 0) is 0 Å². The number of halogens is 3. The molecular formula is C10H9Cl2FN4O. The third-order valence-corrected chi connectivity index (χ3v) is 2.70. The molecule has 0 fully saturated rings. The van der Waals surface area contributed by atoms with E-state index in [-0.39, 0.29) is 21.8 Å². The van der Waals surface area contributed by atoms with Crippen LogP contribution < -0.4 is 9.64 Å². The molecule has 18 heavy (non-hydrogen) atoms. The zero-order chi connectivity index (χ0) is 13.4. The van der Waals surface area contributed by atoms with Gasteiger partial charge in [0.05, 0.1) is 7.11 Å². The van der Waals surface area contributed by atoms with E-state index in [1.54, 1.807) is 19.0 Å². The normalized spacial score (nSPS) is 10.8. The van der Waals surface area contributed by atoms with Gasteiger partial charge in [0.1, 0.15) is 16.7 Å². The summed E-state index contributed by atoms with van der Waals surface area (Å²) in [6.45, 7) is 0. The molecule has 0 N–H and O–H groups in total. The Morgan fingerprint density at radius 3 is 2.39 bits per heavy atom. The molecule has 0 aliphatic carbocycles. The van der Waals surface area contributed by atoms with Crippen molar-refractivity contribution in [1.29, 1.82) is 0 Å². The highest BCUT2D eigenvalue weighted by Gasteiger charge is 2.20. The number of hydrogen-bond donors (Lipinski definition) is 0. The lowest BCUT2D eigenvalue weighted by Crippen LogP contribution is -2.13. The van der Waals surface area contributed by atoms with Gasteiger partial charge in [0.25, 0.3) is 0 Å². The Labute approximate surface area is 113 Å². The summed E-state index contributed by atoms with van der Waals surface area (Å²) in [6, 6.07) is 0. The van der Waals surface area contributed by atoms with Crippen molar-refractivity contribution in [2.45, 2.75) is 0 Å². The number of aromatic nitrogens is 3. The van der Waals surface area contributed by atoms with Gasteiger partial charge < -0.3 is 9.64 Å². The van der Waals surface area contributed by atoms with Gasteiger partial charge in [-0.25, -0.2) is 9.37 Å². The van der Waals surface area contributed by atoms with Gasteiger partial charge in [-0.05, 0) is 11.6 Å². The summed E-state index contributed by atoms with van der Waals surface area (Å²) in [6.07, 6.45) is 0. The van der Waals surface area contributed by atoms with E-state index >= 15 is 0 Å². The predicted molar refractivity (Wildman–Crippen MR) is 68.2 cm³/mol. The van der Waals surface area contributed by atoms with Crippen LogP contribution in [0.3, 0.4) is 0 Å². The second kappa shape index (κ2) is 4.70. The van der Waals surface area contributed by atoms with Crippen LogP contribution >= 0.6 is 23.2 Å². The van der Waals surface area contributed by atoms with E-state index < -0.39 is 5.82 Å². The van der Waals surface area contributed by atoms with Gasteiger partial charge in [-0.1, -0.05) is 11.6 Å². The second-order valence-corrected chi connectivity index (χ2v) is 4.36. The lowest BCUT2D eigenvalue weighted by molar-refractivity contribution is 0.402. The Morgan fingerprint density at radius 1 is 1.17 bits per heavy atom. The molecule has 0 unspecified atom stereocenters. The second-order valence-electron chi connectivity index (χ2n) is 3.66. The summed E-state index contributed by atoms with van der Waals surface area (Å²) in [5, 5.41) is -0.0676. The van der Waals surface area contributed by atoms with Crippen molar-refractivity contribution in [1.82, 2.24) is 15.0 Å². The number of nitrogens with zero attached hydrogens (tertiary/aromatic N) is 4. The number of pyridine rings is 1. The minimum atomic E-state index is -0.750. The van der Waals surface area contributed by atoms with Crippen LogP contribution in [0.4, 0.5) is 10.2 Å². The fourth-order valence-electron chi connectivity index (χ4n) is 1.54. The van der Waals surface area contributed by atoms with E-state index in [0.29, 0.717) is 11.2 Å². The molecule has 0 atom stereocenters. The van der Waals surface area contributed by atoms with E-state index in [4.69, 9.17) is 27.9 Å². The van der Waals surface area contributed by atoms with Gasteiger partial charge in [-0.15, -0.1) is 0 Å². The minimum Gasteiger partial charge on any atom is -0.480 e. The average Bonchev–Trinajstić information content (AvgIpc) is 2.32. The van der Waals surface area contributed by atoms with Crippen LogP contribution in [0.2, 0.25) is 10.4 Å². The van der Waals surface area contributed by atoms with Gasteiger partial charge in [-0.3, -0.25) is 0 Å². The van der Waals surface area contributed by atoms with Crippen LogP contribution in [0, 0.1) is 5.82 Å². The molecule has 0 aliphatic rings. The smallest absolute Gasteiger partial charge is 0.228 e. The molecule has 0 aliphatic heterocycles. The van der Waals surface area contributed by atoms with E-state index in [0.717, 1.165) is 0 Å². The number of fused-ring (bicyclic) bond motifs is 1. The summed E-state index contributed by atoms with van der Waals surface area (Å²) in [5.41, 5.74) is -0.0180. The lowest BCUT2D eigenvalue weighted by Gasteiger charge is -2.16. The fraction of sp³-hybridized carbons (Fsp3) is 0.300. The van der Waals surface area contributed by atoms with Crippen molar-refractivity contribution in [3.05, 3.63) is 16.3 Å². The summed E-state index contributed by atoms with van der Waals surface area (Å²) >= 11 is 11.4. The minimum absolute atomic E-state index is 0.0180. The SMILES string of the molecule is COc1nc(Cl)c(F)c2nc(Cl)nc(N(C)C)c12. The van der Waals surface area contributed by atoms with Gasteiger partial charge in [-0.2, -0.15) is 9.97 Å². The molecule has 5 nitrogen and oxygen atoms in total. The van der Waals surface area contributed by atoms with E-state index in [2.05, 4.69) is 15.0 Å². The van der Waals surface area contributed by atoms with E-state index in [1.807, 2.05) is 0 Å². The molecule has 2 rings (SSSR count). The van der Waals surface area contributed by atoms with Crippen molar-refractivity contribution in [3.8, 4) is 5.88 Å². The summed E-state index contributed by atoms with van der Waals surface area (Å²) in [7, 11) is 4.89. The zero-order valence-electron chi connectivity index (χ0n) is 9.83. The first kappa shape index (κ1) is 13.0. The molecule has 0 amide bonds. The summed E-state index contributed by atoms with van der Waals surface area (Å²) < 4.78 is 19.0. The van der Waals surface area contributed by atoms with Crippen molar-refractivity contribution in [2.75, 3.05) is 26.1 Å². The standard InChI is InChI=1S/C10H9Cl2FN4O/c1-17(2)8-4-6(14-10(12)16-8)5(13)7(11)15-9(4)18-3/h1-3H3. The highest BCUT2D eigenvalue weighted by Crippen LogP contribution is 2.34. The Morgan fingerprint density at radius 2 is 1.83 bits per heavy atom. The monoisotopic (exact) mass is 290 g/mol. The van der Waals surface area contributed by atoms with Crippen LogP contribution in [0.15, 0.2) is 0 Å². The fourth-order valence-corrected chi connectivity index (χ4v) is 1.87. The van der Waals surface area contributed by atoms with Crippen LogP contribution in [0.25, 0.3) is 10.9 Å². The predicted octanol–water partition coefficient (Wildman–Crippen LogP) is 2.55. The summed E-state index contributed by atoms with van der Waals surface area (Å²) in [4.78, 5) is 13.3. The molecule has 0 saturated carbocycles. The molecule has 2 aromatic rings. The Bertz CT molecular complexity index is 621. The van der Waals surface area contributed by atoms with Crippen LogP contribution in [0.1, 0.15) is 0 Å². The van der Waals surface area contributed by atoms with Crippen molar-refractivity contribution < 1.29 is 9.13 Å². The largest absolute Gasteiger partial charge is 0.480 e. The number of anilines is 1. The van der Waals surface area contributed by atoms with E-state index in [9.17, 15) is 4.39 Å². The van der Waals surface area contributed by atoms with Crippen LogP contribution in [-0.4, -0.2) is 36.2 Å². The van der Waals surface area contributed by atoms with Gasteiger partial charge in [0, 0.05) is 14.1 Å². The Kier molecular flexibility index (Phi) is 3.41. The number of hydrogen-bond acceptors (Lipinski definition) is 5. The molecule has 0 bridgehead atoms. The zero-order valence-corrected chi connectivity index (χ0v) is 11.3. The first-order chi connectivity index (χ1) is 8.45. The maximum Gasteiger partial charge on any atom is 0.228 e. The van der Waals surface area contributed by atoms with Crippen molar-refractivity contribution in [3.63, 3.8) is 0 Å².